The van der Waals surface area contributed by atoms with Crippen LogP contribution in [-0.2, 0) is 0 Å². The van der Waals surface area contributed by atoms with Crippen LogP contribution < -0.4 is 0 Å². The largest absolute Gasteiger partial charge is 0.507 e. The van der Waals surface area contributed by atoms with Crippen LogP contribution in [0.25, 0.3) is 16.8 Å². The molecular weight excluding hydrogens is 202 g/mol. The first-order valence-electron chi connectivity index (χ1n) is 4.92. The number of pyridine rings is 1. The molecule has 0 saturated carbocycles. The Morgan fingerprint density at radius 3 is 2.88 bits per heavy atom. The average molecular weight is 211 g/mol. The van der Waals surface area contributed by atoms with Crippen molar-refractivity contribution in [2.45, 2.75) is 0 Å². The van der Waals surface area contributed by atoms with E-state index in [1.807, 2.05) is 30.5 Å². The van der Waals surface area contributed by atoms with E-state index in [9.17, 15) is 5.11 Å². The molecule has 16 heavy (non-hydrogen) atoms. The molecule has 78 valence electrons. The van der Waals surface area contributed by atoms with Gasteiger partial charge in [0.25, 0.3) is 0 Å². The van der Waals surface area contributed by atoms with Crippen molar-refractivity contribution in [3.63, 3.8) is 0 Å². The molecule has 1 N–H and O–H groups in total. The SMILES string of the molecule is Oc1ccccc1-c1ccn2ncnc2c1. The molecule has 0 atom stereocenters. The third-order valence-electron chi connectivity index (χ3n) is 2.50. The van der Waals surface area contributed by atoms with Gasteiger partial charge in [-0.1, -0.05) is 18.2 Å². The number of phenolic OH excluding ortho intramolecular Hbond substituents is 1. The van der Waals surface area contributed by atoms with Gasteiger partial charge in [-0.2, -0.15) is 5.10 Å². The Balaban J connectivity index is 2.22. The maximum Gasteiger partial charge on any atom is 0.155 e. The summed E-state index contributed by atoms with van der Waals surface area (Å²) in [5, 5.41) is 13.8. The van der Waals surface area contributed by atoms with E-state index < -0.39 is 0 Å². The zero-order chi connectivity index (χ0) is 11.0. The molecule has 0 saturated heterocycles. The lowest BCUT2D eigenvalue weighted by atomic mass is 10.1. The molecule has 0 aliphatic carbocycles. The first-order valence-corrected chi connectivity index (χ1v) is 4.92. The van der Waals surface area contributed by atoms with Gasteiger partial charge in [-0.25, -0.2) is 9.50 Å². The lowest BCUT2D eigenvalue weighted by molar-refractivity contribution is 0.477. The summed E-state index contributed by atoms with van der Waals surface area (Å²) in [4.78, 5) is 4.10. The lowest BCUT2D eigenvalue weighted by Gasteiger charge is -2.04. The summed E-state index contributed by atoms with van der Waals surface area (Å²) >= 11 is 0. The highest BCUT2D eigenvalue weighted by Crippen LogP contribution is 2.28. The second kappa shape index (κ2) is 3.34. The fourth-order valence-electron chi connectivity index (χ4n) is 1.70. The summed E-state index contributed by atoms with van der Waals surface area (Å²) in [6.07, 6.45) is 3.33. The molecule has 0 amide bonds. The minimum absolute atomic E-state index is 0.270. The number of para-hydroxylation sites is 1. The second-order valence-corrected chi connectivity index (χ2v) is 3.50. The second-order valence-electron chi connectivity index (χ2n) is 3.50. The Bertz CT molecular complexity index is 645. The molecule has 0 bridgehead atoms. The van der Waals surface area contributed by atoms with Crippen molar-refractivity contribution < 1.29 is 5.11 Å². The number of fused-ring (bicyclic) bond motifs is 1. The number of hydrogen-bond acceptors (Lipinski definition) is 3. The van der Waals surface area contributed by atoms with Crippen molar-refractivity contribution in [3.8, 4) is 16.9 Å². The van der Waals surface area contributed by atoms with Crippen molar-refractivity contribution >= 4 is 5.65 Å². The molecule has 0 spiro atoms. The number of aromatic nitrogens is 3. The molecule has 0 unspecified atom stereocenters. The Kier molecular flexibility index (Phi) is 1.86. The summed E-state index contributed by atoms with van der Waals surface area (Å²) in [5.74, 6) is 0.270. The van der Waals surface area contributed by atoms with Crippen molar-refractivity contribution in [1.82, 2.24) is 14.6 Å². The van der Waals surface area contributed by atoms with Gasteiger partial charge in [0.2, 0.25) is 0 Å². The van der Waals surface area contributed by atoms with E-state index >= 15 is 0 Å². The van der Waals surface area contributed by atoms with Crippen LogP contribution in [0.1, 0.15) is 0 Å². The molecule has 4 heteroatoms. The first kappa shape index (κ1) is 8.91. The monoisotopic (exact) mass is 211 g/mol. The number of hydrogen-bond donors (Lipinski definition) is 1. The number of benzene rings is 1. The highest BCUT2D eigenvalue weighted by molar-refractivity contribution is 5.72. The zero-order valence-corrected chi connectivity index (χ0v) is 8.41. The van der Waals surface area contributed by atoms with E-state index in [2.05, 4.69) is 10.1 Å². The van der Waals surface area contributed by atoms with Crippen LogP contribution in [0.3, 0.4) is 0 Å². The maximum absolute atomic E-state index is 9.74. The van der Waals surface area contributed by atoms with Crippen molar-refractivity contribution in [2.24, 2.45) is 0 Å². The molecular formula is C12H9N3O. The standard InChI is InChI=1S/C12H9N3O/c16-11-4-2-1-3-10(11)9-5-6-15-12(7-9)13-8-14-15/h1-8,16H. The molecule has 4 nitrogen and oxygen atoms in total. The Morgan fingerprint density at radius 2 is 2.00 bits per heavy atom. The molecule has 0 fully saturated rings. The van der Waals surface area contributed by atoms with Gasteiger partial charge >= 0.3 is 0 Å². The number of phenols is 1. The van der Waals surface area contributed by atoms with Crippen LogP contribution in [0.15, 0.2) is 48.9 Å². The summed E-state index contributed by atoms with van der Waals surface area (Å²) < 4.78 is 1.68. The molecule has 1 aromatic carbocycles. The predicted molar refractivity (Wildman–Crippen MR) is 60.1 cm³/mol. The highest BCUT2D eigenvalue weighted by Gasteiger charge is 2.04. The highest BCUT2D eigenvalue weighted by atomic mass is 16.3. The Labute approximate surface area is 91.8 Å². The van der Waals surface area contributed by atoms with E-state index in [-0.39, 0.29) is 5.75 Å². The molecule has 3 rings (SSSR count). The Hall–Kier alpha value is -2.36. The summed E-state index contributed by atoms with van der Waals surface area (Å²) in [6.45, 7) is 0. The van der Waals surface area contributed by atoms with Crippen molar-refractivity contribution in [2.75, 3.05) is 0 Å². The van der Waals surface area contributed by atoms with Crippen LogP contribution >= 0.6 is 0 Å². The molecule has 0 aliphatic rings. The van der Waals surface area contributed by atoms with Gasteiger partial charge in [0.05, 0.1) is 0 Å². The molecule has 2 aromatic heterocycles. The molecule has 2 heterocycles. The fraction of sp³-hybridized carbons (Fsp3) is 0. The van der Waals surface area contributed by atoms with Crippen LogP contribution in [0.4, 0.5) is 0 Å². The van der Waals surface area contributed by atoms with Crippen LogP contribution in [0.2, 0.25) is 0 Å². The van der Waals surface area contributed by atoms with Crippen molar-refractivity contribution in [1.29, 1.82) is 0 Å². The molecule has 0 aliphatic heterocycles. The summed E-state index contributed by atoms with van der Waals surface area (Å²) in [6, 6.07) is 11.0. The number of rotatable bonds is 1. The number of aromatic hydroxyl groups is 1. The topological polar surface area (TPSA) is 50.4 Å². The van der Waals surface area contributed by atoms with E-state index in [0.29, 0.717) is 0 Å². The van der Waals surface area contributed by atoms with Gasteiger partial charge in [0.1, 0.15) is 12.1 Å². The quantitative estimate of drug-likeness (QED) is 0.670. The van der Waals surface area contributed by atoms with Gasteiger partial charge in [-0.05, 0) is 23.8 Å². The number of nitrogens with zero attached hydrogens (tertiary/aromatic N) is 3. The van der Waals surface area contributed by atoms with E-state index in [4.69, 9.17) is 0 Å². The van der Waals surface area contributed by atoms with Gasteiger partial charge in [-0.15, -0.1) is 0 Å². The minimum Gasteiger partial charge on any atom is -0.507 e. The van der Waals surface area contributed by atoms with Crippen LogP contribution in [0, 0.1) is 0 Å². The van der Waals surface area contributed by atoms with Crippen LogP contribution in [-0.4, -0.2) is 19.7 Å². The van der Waals surface area contributed by atoms with Crippen LogP contribution in [0.5, 0.6) is 5.75 Å². The van der Waals surface area contributed by atoms with Gasteiger partial charge in [-0.3, -0.25) is 0 Å². The summed E-state index contributed by atoms with van der Waals surface area (Å²) in [7, 11) is 0. The summed E-state index contributed by atoms with van der Waals surface area (Å²) in [5.41, 5.74) is 2.49. The van der Waals surface area contributed by atoms with E-state index in [1.54, 1.807) is 16.6 Å². The average Bonchev–Trinajstić information content (AvgIpc) is 2.76. The molecule has 0 radical (unpaired) electrons. The predicted octanol–water partition coefficient (Wildman–Crippen LogP) is 2.10. The first-order chi connectivity index (χ1) is 7.84. The minimum atomic E-state index is 0.270. The maximum atomic E-state index is 9.74. The normalized spacial score (nSPS) is 10.8. The smallest absolute Gasteiger partial charge is 0.155 e. The van der Waals surface area contributed by atoms with Crippen molar-refractivity contribution in [3.05, 3.63) is 48.9 Å². The fourth-order valence-corrected chi connectivity index (χ4v) is 1.70. The molecule has 3 aromatic rings. The van der Waals surface area contributed by atoms with Gasteiger partial charge in [0, 0.05) is 11.8 Å². The van der Waals surface area contributed by atoms with E-state index in [1.165, 1.54) is 6.33 Å². The Morgan fingerprint density at radius 1 is 1.12 bits per heavy atom. The van der Waals surface area contributed by atoms with Gasteiger partial charge < -0.3 is 5.11 Å². The zero-order valence-electron chi connectivity index (χ0n) is 8.41. The lowest BCUT2D eigenvalue weighted by Crippen LogP contribution is -1.87. The third kappa shape index (κ3) is 1.32. The van der Waals surface area contributed by atoms with E-state index in [0.717, 1.165) is 16.8 Å². The van der Waals surface area contributed by atoms with Gasteiger partial charge in [0.15, 0.2) is 5.65 Å². The third-order valence-corrected chi connectivity index (χ3v) is 2.50.